The van der Waals surface area contributed by atoms with Crippen molar-refractivity contribution in [1.29, 1.82) is 0 Å². The summed E-state index contributed by atoms with van der Waals surface area (Å²) in [5.74, 6) is -0.959. The average molecular weight is 200 g/mol. The van der Waals surface area contributed by atoms with Gasteiger partial charge in [-0.15, -0.1) is 11.3 Å². The molecule has 0 fully saturated rings. The zero-order valence-electron chi connectivity index (χ0n) is 7.41. The van der Waals surface area contributed by atoms with E-state index in [0.29, 0.717) is 13.0 Å². The van der Waals surface area contributed by atoms with Gasteiger partial charge in [-0.3, -0.25) is 0 Å². The van der Waals surface area contributed by atoms with Crippen LogP contribution in [-0.4, -0.2) is 22.6 Å². The highest BCUT2D eigenvalue weighted by molar-refractivity contribution is 7.11. The molecule has 0 bridgehead atoms. The largest absolute Gasteiger partial charge is 0.476 e. The van der Waals surface area contributed by atoms with Crippen molar-refractivity contribution in [3.63, 3.8) is 0 Å². The third kappa shape index (κ3) is 2.26. The molecule has 0 aromatic carbocycles. The molecule has 3 N–H and O–H groups in total. The SMILES string of the molecule is CCc1nc(C(=O)O)c(CCN)s1. The van der Waals surface area contributed by atoms with Gasteiger partial charge in [0.1, 0.15) is 0 Å². The summed E-state index contributed by atoms with van der Waals surface area (Å²) in [5, 5.41) is 9.67. The molecule has 1 rings (SSSR count). The van der Waals surface area contributed by atoms with Crippen LogP contribution in [-0.2, 0) is 12.8 Å². The fourth-order valence-electron chi connectivity index (χ4n) is 1.02. The number of nitrogens with two attached hydrogens (primary N) is 1. The number of carboxylic acid groups (broad SMARTS) is 1. The molecule has 1 aromatic heterocycles. The molecule has 72 valence electrons. The van der Waals surface area contributed by atoms with Crippen LogP contribution in [0.2, 0.25) is 0 Å². The van der Waals surface area contributed by atoms with Gasteiger partial charge in [0.05, 0.1) is 5.01 Å². The third-order valence-electron chi connectivity index (χ3n) is 1.62. The van der Waals surface area contributed by atoms with Crippen molar-refractivity contribution in [1.82, 2.24) is 4.98 Å². The zero-order valence-corrected chi connectivity index (χ0v) is 8.23. The lowest BCUT2D eigenvalue weighted by atomic mass is 10.3. The molecular weight excluding hydrogens is 188 g/mol. The first kappa shape index (κ1) is 10.1. The Labute approximate surface area is 80.4 Å². The van der Waals surface area contributed by atoms with Crippen molar-refractivity contribution < 1.29 is 9.90 Å². The molecule has 0 spiro atoms. The van der Waals surface area contributed by atoms with Crippen molar-refractivity contribution in [3.8, 4) is 0 Å². The van der Waals surface area contributed by atoms with Crippen LogP contribution in [0.4, 0.5) is 0 Å². The van der Waals surface area contributed by atoms with Crippen molar-refractivity contribution in [2.24, 2.45) is 5.73 Å². The highest BCUT2D eigenvalue weighted by atomic mass is 32.1. The summed E-state index contributed by atoms with van der Waals surface area (Å²) in [5.41, 5.74) is 5.54. The maximum atomic E-state index is 10.7. The normalized spacial score (nSPS) is 10.3. The number of nitrogens with zero attached hydrogens (tertiary/aromatic N) is 1. The van der Waals surface area contributed by atoms with Crippen LogP contribution in [0.1, 0.15) is 27.3 Å². The third-order valence-corrected chi connectivity index (χ3v) is 2.88. The van der Waals surface area contributed by atoms with Crippen LogP contribution >= 0.6 is 11.3 Å². The van der Waals surface area contributed by atoms with Gasteiger partial charge in [0.25, 0.3) is 0 Å². The van der Waals surface area contributed by atoms with E-state index >= 15 is 0 Å². The average Bonchev–Trinajstić information content (AvgIpc) is 2.48. The summed E-state index contributed by atoms with van der Waals surface area (Å²) in [6, 6.07) is 0. The van der Waals surface area contributed by atoms with Gasteiger partial charge < -0.3 is 10.8 Å². The van der Waals surface area contributed by atoms with Crippen LogP contribution in [0, 0.1) is 0 Å². The smallest absolute Gasteiger partial charge is 0.355 e. The lowest BCUT2D eigenvalue weighted by Gasteiger charge is -1.92. The molecule has 1 heterocycles. The Morgan fingerprint density at radius 2 is 2.38 bits per heavy atom. The quantitative estimate of drug-likeness (QED) is 0.757. The Bertz CT molecular complexity index is 309. The van der Waals surface area contributed by atoms with Crippen LogP contribution in [0.3, 0.4) is 0 Å². The van der Waals surface area contributed by atoms with Gasteiger partial charge in [-0.1, -0.05) is 6.92 Å². The minimum Gasteiger partial charge on any atom is -0.476 e. The van der Waals surface area contributed by atoms with Gasteiger partial charge >= 0.3 is 5.97 Å². The molecule has 0 unspecified atom stereocenters. The van der Waals surface area contributed by atoms with Gasteiger partial charge in [-0.2, -0.15) is 0 Å². The number of hydrogen-bond acceptors (Lipinski definition) is 4. The Balaban J connectivity index is 3.00. The molecule has 1 aromatic rings. The summed E-state index contributed by atoms with van der Waals surface area (Å²) >= 11 is 1.44. The fraction of sp³-hybridized carbons (Fsp3) is 0.500. The summed E-state index contributed by atoms with van der Waals surface area (Å²) in [6.07, 6.45) is 1.37. The number of carboxylic acids is 1. The number of rotatable bonds is 4. The van der Waals surface area contributed by atoms with E-state index in [-0.39, 0.29) is 5.69 Å². The summed E-state index contributed by atoms with van der Waals surface area (Å²) in [6.45, 7) is 2.42. The summed E-state index contributed by atoms with van der Waals surface area (Å²) in [7, 11) is 0. The second-order valence-electron chi connectivity index (χ2n) is 2.58. The Hall–Kier alpha value is -0.940. The molecule has 0 aliphatic heterocycles. The number of hydrogen-bond donors (Lipinski definition) is 2. The summed E-state index contributed by atoms with van der Waals surface area (Å²) < 4.78 is 0. The van der Waals surface area contributed by atoms with E-state index in [0.717, 1.165) is 16.3 Å². The first-order valence-electron chi connectivity index (χ1n) is 4.11. The van der Waals surface area contributed by atoms with E-state index in [1.807, 2.05) is 6.92 Å². The van der Waals surface area contributed by atoms with Crippen molar-refractivity contribution >= 4 is 17.3 Å². The fourth-order valence-corrected chi connectivity index (χ4v) is 2.03. The van der Waals surface area contributed by atoms with E-state index in [4.69, 9.17) is 10.8 Å². The molecule has 0 saturated heterocycles. The van der Waals surface area contributed by atoms with E-state index in [9.17, 15) is 4.79 Å². The molecule has 0 aliphatic rings. The monoisotopic (exact) mass is 200 g/mol. The Morgan fingerprint density at radius 1 is 1.69 bits per heavy atom. The van der Waals surface area contributed by atoms with Crippen LogP contribution in [0.5, 0.6) is 0 Å². The summed E-state index contributed by atoms with van der Waals surface area (Å²) in [4.78, 5) is 15.5. The molecular formula is C8H12N2O2S. The van der Waals surface area contributed by atoms with Gasteiger partial charge in [-0.25, -0.2) is 9.78 Å². The molecule has 4 nitrogen and oxygen atoms in total. The predicted molar refractivity (Wildman–Crippen MR) is 51.2 cm³/mol. The Kier molecular flexibility index (Phi) is 3.39. The number of aromatic nitrogens is 1. The second-order valence-corrected chi connectivity index (χ2v) is 3.74. The van der Waals surface area contributed by atoms with Crippen molar-refractivity contribution in [3.05, 3.63) is 15.6 Å². The topological polar surface area (TPSA) is 76.2 Å². The molecule has 0 radical (unpaired) electrons. The van der Waals surface area contributed by atoms with E-state index in [1.54, 1.807) is 0 Å². The maximum absolute atomic E-state index is 10.7. The minimum absolute atomic E-state index is 0.173. The van der Waals surface area contributed by atoms with Crippen LogP contribution in [0.15, 0.2) is 0 Å². The van der Waals surface area contributed by atoms with Gasteiger partial charge in [0.2, 0.25) is 0 Å². The molecule has 5 heteroatoms. The van der Waals surface area contributed by atoms with Crippen LogP contribution < -0.4 is 5.73 Å². The van der Waals surface area contributed by atoms with E-state index in [1.165, 1.54) is 11.3 Å². The van der Waals surface area contributed by atoms with E-state index in [2.05, 4.69) is 4.98 Å². The predicted octanol–water partition coefficient (Wildman–Crippen LogP) is 0.905. The lowest BCUT2D eigenvalue weighted by Crippen LogP contribution is -2.06. The number of aromatic carboxylic acids is 1. The highest BCUT2D eigenvalue weighted by Gasteiger charge is 2.15. The number of aryl methyl sites for hydroxylation is 1. The van der Waals surface area contributed by atoms with Crippen LogP contribution in [0.25, 0.3) is 0 Å². The van der Waals surface area contributed by atoms with Gasteiger partial charge in [0, 0.05) is 4.88 Å². The van der Waals surface area contributed by atoms with Gasteiger partial charge in [-0.05, 0) is 19.4 Å². The maximum Gasteiger partial charge on any atom is 0.355 e. The van der Waals surface area contributed by atoms with Gasteiger partial charge in [0.15, 0.2) is 5.69 Å². The first-order valence-corrected chi connectivity index (χ1v) is 4.92. The highest BCUT2D eigenvalue weighted by Crippen LogP contribution is 2.19. The zero-order chi connectivity index (χ0) is 9.84. The molecule has 0 saturated carbocycles. The lowest BCUT2D eigenvalue weighted by molar-refractivity contribution is 0.0690. The first-order chi connectivity index (χ1) is 6.19. The molecule has 0 amide bonds. The molecule has 0 atom stereocenters. The minimum atomic E-state index is -0.959. The standard InChI is InChI=1S/C8H12N2O2S/c1-2-6-10-7(8(11)12)5(13-6)3-4-9/h2-4,9H2,1H3,(H,11,12). The van der Waals surface area contributed by atoms with Crippen molar-refractivity contribution in [2.45, 2.75) is 19.8 Å². The number of carbonyl (C=O) groups is 1. The van der Waals surface area contributed by atoms with E-state index < -0.39 is 5.97 Å². The Morgan fingerprint density at radius 3 is 2.85 bits per heavy atom. The number of thiazole rings is 1. The second kappa shape index (κ2) is 4.34. The van der Waals surface area contributed by atoms with Crippen molar-refractivity contribution in [2.75, 3.05) is 6.54 Å². The molecule has 0 aliphatic carbocycles. The molecule has 13 heavy (non-hydrogen) atoms.